The van der Waals surface area contributed by atoms with Crippen LogP contribution in [0.15, 0.2) is 47.3 Å². The van der Waals surface area contributed by atoms with Crippen molar-refractivity contribution in [2.24, 2.45) is 7.05 Å². The Kier molecular flexibility index (Phi) is 4.20. The second-order valence-electron chi connectivity index (χ2n) is 5.63. The van der Waals surface area contributed by atoms with Gasteiger partial charge in [0, 0.05) is 7.05 Å². The van der Waals surface area contributed by atoms with Gasteiger partial charge >= 0.3 is 11.7 Å². The third-order valence-corrected chi connectivity index (χ3v) is 3.99. The van der Waals surface area contributed by atoms with Gasteiger partial charge in [0.25, 0.3) is 0 Å². The molecule has 1 heterocycles. The molecular weight excluding hydrogens is 309 g/mol. The molecule has 0 bridgehead atoms. The SMILES string of the molecule is COc1nn(C)c(=O)n1Cc1cc(-c2cccc(F)c2)ccc1C. The van der Waals surface area contributed by atoms with E-state index in [9.17, 15) is 9.18 Å². The van der Waals surface area contributed by atoms with Crippen molar-refractivity contribution in [3.63, 3.8) is 0 Å². The first kappa shape index (κ1) is 16.0. The van der Waals surface area contributed by atoms with E-state index in [1.165, 1.54) is 28.5 Å². The van der Waals surface area contributed by atoms with Crippen molar-refractivity contribution in [2.45, 2.75) is 13.5 Å². The maximum Gasteiger partial charge on any atom is 0.348 e. The number of benzene rings is 2. The molecule has 3 rings (SSSR count). The van der Waals surface area contributed by atoms with E-state index in [1.807, 2.05) is 31.2 Å². The molecule has 0 aliphatic carbocycles. The number of hydrogen-bond acceptors (Lipinski definition) is 3. The van der Waals surface area contributed by atoms with E-state index < -0.39 is 0 Å². The van der Waals surface area contributed by atoms with Gasteiger partial charge in [0.2, 0.25) is 0 Å². The average molecular weight is 327 g/mol. The molecule has 0 unspecified atom stereocenters. The topological polar surface area (TPSA) is 49.1 Å². The summed E-state index contributed by atoms with van der Waals surface area (Å²) < 4.78 is 21.3. The van der Waals surface area contributed by atoms with Crippen LogP contribution in [0, 0.1) is 12.7 Å². The van der Waals surface area contributed by atoms with Gasteiger partial charge in [-0.1, -0.05) is 24.3 Å². The van der Waals surface area contributed by atoms with Crippen molar-refractivity contribution in [3.05, 3.63) is 69.9 Å². The van der Waals surface area contributed by atoms with E-state index in [1.54, 1.807) is 13.1 Å². The smallest absolute Gasteiger partial charge is 0.348 e. The quantitative estimate of drug-likeness (QED) is 0.740. The summed E-state index contributed by atoms with van der Waals surface area (Å²) in [6.07, 6.45) is 0. The van der Waals surface area contributed by atoms with Gasteiger partial charge in [-0.3, -0.25) is 0 Å². The number of hydrogen-bond donors (Lipinski definition) is 0. The zero-order chi connectivity index (χ0) is 17.3. The van der Waals surface area contributed by atoms with Crippen molar-refractivity contribution in [3.8, 4) is 17.1 Å². The molecule has 2 aromatic carbocycles. The predicted molar refractivity (Wildman–Crippen MR) is 89.7 cm³/mol. The minimum atomic E-state index is -0.278. The van der Waals surface area contributed by atoms with E-state index in [4.69, 9.17) is 4.74 Å². The van der Waals surface area contributed by atoms with Crippen LogP contribution in [0.25, 0.3) is 11.1 Å². The number of aryl methyl sites for hydroxylation is 2. The molecule has 0 aliphatic heterocycles. The second-order valence-corrected chi connectivity index (χ2v) is 5.63. The number of nitrogens with zero attached hydrogens (tertiary/aromatic N) is 3. The van der Waals surface area contributed by atoms with Crippen LogP contribution in [0.1, 0.15) is 11.1 Å². The fourth-order valence-corrected chi connectivity index (χ4v) is 2.63. The summed E-state index contributed by atoms with van der Waals surface area (Å²) in [6.45, 7) is 2.31. The molecule has 6 heteroatoms. The first-order valence-corrected chi connectivity index (χ1v) is 7.53. The Balaban J connectivity index is 2.03. The van der Waals surface area contributed by atoms with Crippen LogP contribution in [0.5, 0.6) is 6.01 Å². The van der Waals surface area contributed by atoms with Gasteiger partial charge in [-0.25, -0.2) is 18.4 Å². The van der Waals surface area contributed by atoms with E-state index >= 15 is 0 Å². The Morgan fingerprint density at radius 1 is 1.17 bits per heavy atom. The molecule has 0 fully saturated rings. The van der Waals surface area contributed by atoms with Gasteiger partial charge in [0.05, 0.1) is 13.7 Å². The lowest BCUT2D eigenvalue weighted by molar-refractivity contribution is 0.357. The Hall–Kier alpha value is -2.89. The lowest BCUT2D eigenvalue weighted by Gasteiger charge is -2.10. The van der Waals surface area contributed by atoms with Gasteiger partial charge in [-0.15, -0.1) is 5.10 Å². The summed E-state index contributed by atoms with van der Waals surface area (Å²) >= 11 is 0. The molecule has 1 aromatic heterocycles. The summed E-state index contributed by atoms with van der Waals surface area (Å²) in [5.41, 5.74) is 3.42. The maximum absolute atomic E-state index is 13.5. The van der Waals surface area contributed by atoms with Gasteiger partial charge in [0.15, 0.2) is 0 Å². The maximum atomic E-state index is 13.5. The normalized spacial score (nSPS) is 10.8. The molecule has 0 saturated carbocycles. The molecule has 0 N–H and O–H groups in total. The van der Waals surface area contributed by atoms with Crippen LogP contribution >= 0.6 is 0 Å². The first-order chi connectivity index (χ1) is 11.5. The van der Waals surface area contributed by atoms with Gasteiger partial charge in [-0.05, 0) is 47.4 Å². The summed E-state index contributed by atoms with van der Waals surface area (Å²) in [7, 11) is 3.06. The van der Waals surface area contributed by atoms with E-state index in [0.29, 0.717) is 6.54 Å². The Bertz CT molecular complexity index is 944. The van der Waals surface area contributed by atoms with Crippen LogP contribution in [0.4, 0.5) is 4.39 Å². The largest absolute Gasteiger partial charge is 0.467 e. The summed E-state index contributed by atoms with van der Waals surface area (Å²) in [5, 5.41) is 4.04. The highest BCUT2D eigenvalue weighted by Gasteiger charge is 2.13. The number of methoxy groups -OCH3 is 1. The molecule has 3 aromatic rings. The van der Waals surface area contributed by atoms with Crippen LogP contribution < -0.4 is 10.4 Å². The highest BCUT2D eigenvalue weighted by molar-refractivity contribution is 5.65. The Morgan fingerprint density at radius 3 is 2.62 bits per heavy atom. The van der Waals surface area contributed by atoms with Crippen molar-refractivity contribution >= 4 is 0 Å². The Morgan fingerprint density at radius 2 is 1.92 bits per heavy atom. The van der Waals surface area contributed by atoms with Crippen molar-refractivity contribution in [1.29, 1.82) is 0 Å². The third kappa shape index (κ3) is 2.95. The van der Waals surface area contributed by atoms with Crippen LogP contribution in [0.2, 0.25) is 0 Å². The highest BCUT2D eigenvalue weighted by Crippen LogP contribution is 2.24. The van der Waals surface area contributed by atoms with Gasteiger partial charge in [0.1, 0.15) is 5.82 Å². The third-order valence-electron chi connectivity index (χ3n) is 3.99. The molecule has 0 spiro atoms. The van der Waals surface area contributed by atoms with E-state index in [0.717, 1.165) is 22.3 Å². The number of aromatic nitrogens is 3. The second kappa shape index (κ2) is 6.31. The highest BCUT2D eigenvalue weighted by atomic mass is 19.1. The predicted octanol–water partition coefficient (Wildman–Crippen LogP) is 2.75. The summed E-state index contributed by atoms with van der Waals surface area (Å²) in [5.74, 6) is -0.278. The molecule has 0 saturated heterocycles. The fraction of sp³-hybridized carbons (Fsp3) is 0.222. The molecule has 5 nitrogen and oxygen atoms in total. The Labute approximate surface area is 138 Å². The zero-order valence-corrected chi connectivity index (χ0v) is 13.8. The van der Waals surface area contributed by atoms with Crippen molar-refractivity contribution in [2.75, 3.05) is 7.11 Å². The first-order valence-electron chi connectivity index (χ1n) is 7.53. The van der Waals surface area contributed by atoms with E-state index in [2.05, 4.69) is 5.10 Å². The van der Waals surface area contributed by atoms with Crippen molar-refractivity contribution in [1.82, 2.24) is 14.3 Å². The lowest BCUT2D eigenvalue weighted by Crippen LogP contribution is -2.23. The average Bonchev–Trinajstić information content (AvgIpc) is 2.84. The molecule has 0 amide bonds. The zero-order valence-electron chi connectivity index (χ0n) is 13.8. The summed E-state index contributed by atoms with van der Waals surface area (Å²) in [6, 6.07) is 12.6. The van der Waals surface area contributed by atoms with Gasteiger partial charge in [-0.2, -0.15) is 0 Å². The number of rotatable bonds is 4. The van der Waals surface area contributed by atoms with Crippen LogP contribution in [0.3, 0.4) is 0 Å². The molecule has 0 radical (unpaired) electrons. The van der Waals surface area contributed by atoms with Gasteiger partial charge < -0.3 is 4.74 Å². The van der Waals surface area contributed by atoms with E-state index in [-0.39, 0.29) is 17.5 Å². The number of halogens is 1. The fourth-order valence-electron chi connectivity index (χ4n) is 2.63. The molecule has 124 valence electrons. The minimum Gasteiger partial charge on any atom is -0.467 e. The molecule has 0 atom stereocenters. The van der Waals surface area contributed by atoms with Crippen LogP contribution in [-0.2, 0) is 13.6 Å². The van der Waals surface area contributed by atoms with Crippen molar-refractivity contribution < 1.29 is 9.13 Å². The van der Waals surface area contributed by atoms with Crippen LogP contribution in [-0.4, -0.2) is 21.5 Å². The minimum absolute atomic E-state index is 0.248. The number of ether oxygens (including phenoxy) is 1. The lowest BCUT2D eigenvalue weighted by atomic mass is 9.99. The molecule has 0 aliphatic rings. The molecule has 24 heavy (non-hydrogen) atoms. The standard InChI is InChI=1S/C18H18FN3O2/c1-12-7-8-14(13-5-4-6-16(19)10-13)9-15(12)11-22-17(24-3)20-21(2)18(22)23/h4-10H,11H2,1-3H3. The summed E-state index contributed by atoms with van der Waals surface area (Å²) in [4.78, 5) is 12.2. The monoisotopic (exact) mass is 327 g/mol. The molecular formula is C18H18FN3O2.